The number of nitrogen functional groups attached to an aromatic ring is 1. The topological polar surface area (TPSA) is 110 Å². The molecule has 3 saturated heterocycles. The van der Waals surface area contributed by atoms with Crippen molar-refractivity contribution in [2.24, 2.45) is 0 Å². The van der Waals surface area contributed by atoms with Crippen LogP contribution in [0.15, 0.2) is 18.2 Å². The number of thiazole rings is 1. The third kappa shape index (κ3) is 4.58. The average Bonchev–Trinajstić information content (AvgIpc) is 3.56. The minimum absolute atomic E-state index is 0.00444. The summed E-state index contributed by atoms with van der Waals surface area (Å²) in [6.45, 7) is 2.28. The summed E-state index contributed by atoms with van der Waals surface area (Å²) in [6, 6.07) is 4.09. The van der Waals surface area contributed by atoms with Crippen LogP contribution in [0.4, 0.5) is 24.1 Å². The summed E-state index contributed by atoms with van der Waals surface area (Å²) >= 11 is 7.67. The van der Waals surface area contributed by atoms with Crippen molar-refractivity contribution in [1.29, 1.82) is 0 Å². The highest BCUT2D eigenvalue weighted by molar-refractivity contribution is 7.22. The van der Waals surface area contributed by atoms with Crippen molar-refractivity contribution in [3.05, 3.63) is 34.9 Å². The van der Waals surface area contributed by atoms with E-state index < -0.39 is 23.3 Å². The van der Waals surface area contributed by atoms with E-state index in [-0.39, 0.29) is 62.1 Å². The fraction of sp³-hybridized carbons (Fsp3) is 0.429. The van der Waals surface area contributed by atoms with Gasteiger partial charge in [-0.05, 0) is 44.0 Å². The summed E-state index contributed by atoms with van der Waals surface area (Å²) in [4.78, 5) is 29.7. The van der Waals surface area contributed by atoms with Crippen molar-refractivity contribution in [3.8, 4) is 17.1 Å². The fourth-order valence-corrected chi connectivity index (χ4v) is 7.60. The van der Waals surface area contributed by atoms with Gasteiger partial charge in [0.25, 0.3) is 0 Å². The third-order valence-corrected chi connectivity index (χ3v) is 9.61. The van der Waals surface area contributed by atoms with E-state index in [9.17, 15) is 13.6 Å². The second kappa shape index (κ2) is 10.4. The van der Waals surface area contributed by atoms with Crippen LogP contribution >= 0.6 is 22.9 Å². The van der Waals surface area contributed by atoms with E-state index >= 15 is 4.39 Å². The predicted octanol–water partition coefficient (Wildman–Crippen LogP) is 4.70. The first kappa shape index (κ1) is 27.4. The van der Waals surface area contributed by atoms with Crippen molar-refractivity contribution in [3.63, 3.8) is 0 Å². The van der Waals surface area contributed by atoms with E-state index in [1.54, 1.807) is 11.0 Å². The van der Waals surface area contributed by atoms with Crippen molar-refractivity contribution in [2.75, 3.05) is 50.0 Å². The fourth-order valence-electron chi connectivity index (χ4n) is 6.54. The number of amides is 1. The lowest BCUT2D eigenvalue weighted by Gasteiger charge is -2.31. The van der Waals surface area contributed by atoms with E-state index in [4.69, 9.17) is 22.1 Å². The van der Waals surface area contributed by atoms with Crippen LogP contribution in [0, 0.1) is 11.6 Å². The highest BCUT2D eigenvalue weighted by Crippen LogP contribution is 2.44. The number of nitrogens with two attached hydrogens (primary N) is 1. The van der Waals surface area contributed by atoms with Crippen LogP contribution in [0.5, 0.6) is 6.01 Å². The third-order valence-electron chi connectivity index (χ3n) is 8.42. The molecule has 5 heterocycles. The van der Waals surface area contributed by atoms with Crippen LogP contribution in [0.3, 0.4) is 0 Å². The van der Waals surface area contributed by atoms with E-state index in [0.717, 1.165) is 30.7 Å². The van der Waals surface area contributed by atoms with E-state index in [0.29, 0.717) is 43.7 Å². The van der Waals surface area contributed by atoms with E-state index in [1.165, 1.54) is 12.1 Å². The van der Waals surface area contributed by atoms with E-state index in [1.807, 2.05) is 0 Å². The minimum atomic E-state index is -0.938. The van der Waals surface area contributed by atoms with Gasteiger partial charge >= 0.3 is 6.01 Å². The maximum absolute atomic E-state index is 16.6. The van der Waals surface area contributed by atoms with Gasteiger partial charge in [-0.3, -0.25) is 9.69 Å². The van der Waals surface area contributed by atoms with Gasteiger partial charge in [0, 0.05) is 42.6 Å². The number of hydrogen-bond acceptors (Lipinski definition) is 9. The molecule has 3 fully saturated rings. The number of hydrogen-bond donors (Lipinski definition) is 2. The van der Waals surface area contributed by atoms with Crippen LogP contribution in [0.2, 0.25) is 5.02 Å². The summed E-state index contributed by atoms with van der Waals surface area (Å²) in [6.07, 6.45) is 1.78. The largest absolute Gasteiger partial charge is 0.461 e. The molecule has 4 aromatic rings. The number of carbonyl (C=O) groups is 1. The normalized spacial score (nSPS) is 23.0. The number of nitrogens with one attached hydrogen (secondary N) is 1. The number of benzene rings is 2. The number of rotatable bonds is 5. The lowest BCUT2D eigenvalue weighted by Crippen LogP contribution is -2.43. The molecule has 1 amide bonds. The number of fused-ring (bicyclic) bond motifs is 3. The number of anilines is 2. The molecule has 2 atom stereocenters. The SMILES string of the molecule is Nc1nc2c(-c3c(Cl)cc4c(N5CCCNC(=O)C5)nc(OC[C@@]56CCCN5C[C@H](F)C6)nc4c3F)ccc(F)c2s1. The lowest BCUT2D eigenvalue weighted by atomic mass is 9.95. The molecular formula is C28H27ClF3N7O2S. The van der Waals surface area contributed by atoms with Gasteiger partial charge in [-0.15, -0.1) is 0 Å². The first-order chi connectivity index (χ1) is 20.2. The molecule has 3 aliphatic heterocycles. The molecule has 3 aliphatic rings. The molecule has 2 aromatic carbocycles. The maximum atomic E-state index is 16.6. The average molecular weight is 618 g/mol. The Bertz CT molecular complexity index is 1740. The Morgan fingerprint density at radius 1 is 1.19 bits per heavy atom. The highest BCUT2D eigenvalue weighted by Gasteiger charge is 2.49. The van der Waals surface area contributed by atoms with E-state index in [2.05, 4.69) is 25.2 Å². The summed E-state index contributed by atoms with van der Waals surface area (Å²) in [5, 5.41) is 3.30. The molecule has 0 radical (unpaired) electrons. The van der Waals surface area contributed by atoms with Gasteiger partial charge in [-0.25, -0.2) is 18.2 Å². The van der Waals surface area contributed by atoms with Crippen molar-refractivity contribution in [1.82, 2.24) is 25.2 Å². The van der Waals surface area contributed by atoms with Crippen LogP contribution in [-0.2, 0) is 4.79 Å². The molecule has 0 bridgehead atoms. The Labute approximate surface area is 247 Å². The molecule has 9 nitrogen and oxygen atoms in total. The molecule has 0 spiro atoms. The molecular weight excluding hydrogens is 591 g/mol. The van der Waals surface area contributed by atoms with Gasteiger partial charge in [0.1, 0.15) is 29.9 Å². The van der Waals surface area contributed by atoms with Crippen molar-refractivity contribution in [2.45, 2.75) is 37.4 Å². The number of alkyl halides is 1. The lowest BCUT2D eigenvalue weighted by molar-refractivity contribution is -0.119. The van der Waals surface area contributed by atoms with Gasteiger partial charge in [0.15, 0.2) is 10.9 Å². The molecule has 3 N–H and O–H groups in total. The highest BCUT2D eigenvalue weighted by atomic mass is 35.5. The molecule has 0 aliphatic carbocycles. The van der Waals surface area contributed by atoms with Crippen LogP contribution in [0.25, 0.3) is 32.2 Å². The Balaban J connectivity index is 1.38. The van der Waals surface area contributed by atoms with Gasteiger partial charge in [0.05, 0.1) is 27.3 Å². The molecule has 0 saturated carbocycles. The zero-order chi connectivity index (χ0) is 29.2. The first-order valence-corrected chi connectivity index (χ1v) is 15.0. The van der Waals surface area contributed by atoms with Gasteiger partial charge in [-0.1, -0.05) is 22.9 Å². The van der Waals surface area contributed by atoms with Crippen LogP contribution in [-0.4, -0.2) is 76.8 Å². The molecule has 220 valence electrons. The Hall–Kier alpha value is -3.42. The number of carbonyl (C=O) groups excluding carboxylic acids is 1. The van der Waals surface area contributed by atoms with Gasteiger partial charge < -0.3 is 20.7 Å². The second-order valence-corrected chi connectivity index (χ2v) is 12.5. The smallest absolute Gasteiger partial charge is 0.319 e. The molecule has 42 heavy (non-hydrogen) atoms. The summed E-state index contributed by atoms with van der Waals surface area (Å²) in [5.41, 5.74) is 5.76. The van der Waals surface area contributed by atoms with Crippen molar-refractivity contribution < 1.29 is 22.7 Å². The molecule has 7 rings (SSSR count). The Morgan fingerprint density at radius 2 is 2.05 bits per heavy atom. The van der Waals surface area contributed by atoms with Crippen LogP contribution in [0.1, 0.15) is 25.7 Å². The Morgan fingerprint density at radius 3 is 2.90 bits per heavy atom. The van der Waals surface area contributed by atoms with Gasteiger partial charge in [0.2, 0.25) is 5.91 Å². The number of aromatic nitrogens is 3. The van der Waals surface area contributed by atoms with Gasteiger partial charge in [-0.2, -0.15) is 9.97 Å². The monoisotopic (exact) mass is 617 g/mol. The number of ether oxygens (including phenoxy) is 1. The zero-order valence-electron chi connectivity index (χ0n) is 22.4. The number of nitrogens with zero attached hydrogens (tertiary/aromatic N) is 5. The summed E-state index contributed by atoms with van der Waals surface area (Å²) in [5.74, 6) is -1.19. The predicted molar refractivity (Wildman–Crippen MR) is 156 cm³/mol. The summed E-state index contributed by atoms with van der Waals surface area (Å²) in [7, 11) is 0. The molecule has 2 aromatic heterocycles. The zero-order valence-corrected chi connectivity index (χ0v) is 24.0. The standard InChI is InChI=1S/C28H27ClF3N7O2S/c29-17-9-16-22(21(32)20(17)15-3-4-18(31)24-23(15)35-26(33)42-24)36-27(37-25(16)38-7-2-6-34-19(40)12-38)41-13-28-5-1-8-39(28)11-14(30)10-28/h3-4,9,14H,1-2,5-8,10-13H2,(H2,33,35)(H,34,40)/t14-,28+/m1/s1. The van der Waals surface area contributed by atoms with Crippen LogP contribution < -0.4 is 20.7 Å². The molecule has 14 heteroatoms. The van der Waals surface area contributed by atoms with Crippen molar-refractivity contribution >= 4 is 60.9 Å². The number of halogens is 4. The first-order valence-electron chi connectivity index (χ1n) is 13.8. The summed E-state index contributed by atoms with van der Waals surface area (Å²) < 4.78 is 51.8. The quantitative estimate of drug-likeness (QED) is 0.332. The molecule has 0 unspecified atom stereocenters. The Kier molecular flexibility index (Phi) is 6.78. The second-order valence-electron chi connectivity index (χ2n) is 11.1. The minimum Gasteiger partial charge on any atom is -0.461 e. The maximum Gasteiger partial charge on any atom is 0.319 e.